The number of benzene rings is 2. The Bertz CT molecular complexity index is 1270. The predicted octanol–water partition coefficient (Wildman–Crippen LogP) is 6.34. The van der Waals surface area contributed by atoms with Gasteiger partial charge in [-0.3, -0.25) is 9.59 Å². The number of ether oxygens (including phenoxy) is 2. The number of rotatable bonds is 10. The summed E-state index contributed by atoms with van der Waals surface area (Å²) in [5.74, 6) is 1.10. The van der Waals surface area contributed by atoms with Crippen molar-refractivity contribution in [1.29, 1.82) is 0 Å². The molecule has 1 aliphatic rings. The molecule has 0 N–H and O–H groups in total. The lowest BCUT2D eigenvalue weighted by Crippen LogP contribution is -2.31. The molecule has 3 aromatic rings. The molecule has 0 saturated carbocycles. The van der Waals surface area contributed by atoms with E-state index in [1.54, 1.807) is 23.1 Å². The van der Waals surface area contributed by atoms with Gasteiger partial charge in [-0.05, 0) is 68.5 Å². The number of nitrogens with zero attached hydrogens (tertiary/aromatic N) is 1. The first-order valence-electron chi connectivity index (χ1n) is 12.2. The van der Waals surface area contributed by atoms with Crippen LogP contribution in [0.15, 0.2) is 56.1 Å². The lowest BCUT2D eigenvalue weighted by Gasteiger charge is -2.25. The summed E-state index contributed by atoms with van der Waals surface area (Å²) in [7, 11) is 0. The second-order valence-electron chi connectivity index (χ2n) is 9.59. The molecule has 1 amide bonds. The second kappa shape index (κ2) is 11.0. The third kappa shape index (κ3) is 5.62. The molecule has 186 valence electrons. The number of hydrogen-bond acceptors (Lipinski definition) is 5. The molecule has 1 atom stereocenters. The molecule has 7 heteroatoms. The smallest absolute Gasteiger partial charge is 0.290 e. The minimum Gasteiger partial charge on any atom is -0.494 e. The monoisotopic (exact) mass is 541 g/mol. The topological polar surface area (TPSA) is 69.0 Å². The van der Waals surface area contributed by atoms with E-state index in [4.69, 9.17) is 13.9 Å². The number of amides is 1. The number of fused-ring (bicyclic) bond motifs is 2. The van der Waals surface area contributed by atoms with Crippen LogP contribution >= 0.6 is 15.9 Å². The maximum absolute atomic E-state index is 13.7. The van der Waals surface area contributed by atoms with E-state index in [1.807, 2.05) is 38.1 Å². The molecule has 0 bridgehead atoms. The van der Waals surface area contributed by atoms with Gasteiger partial charge in [0.1, 0.15) is 11.3 Å². The molecule has 1 unspecified atom stereocenters. The van der Waals surface area contributed by atoms with Crippen LogP contribution in [0.3, 0.4) is 0 Å². The zero-order chi connectivity index (χ0) is 25.1. The van der Waals surface area contributed by atoms with Crippen LogP contribution in [0.2, 0.25) is 0 Å². The van der Waals surface area contributed by atoms with Crippen LogP contribution in [0, 0.1) is 5.92 Å². The zero-order valence-corrected chi connectivity index (χ0v) is 22.3. The van der Waals surface area contributed by atoms with E-state index in [9.17, 15) is 9.59 Å². The van der Waals surface area contributed by atoms with E-state index in [1.165, 1.54) is 0 Å². The SMILES string of the molecule is CC(C)CCOc1cccc(C2c3c(oc4ccc(Br)cc4c3=O)C(=O)N2CCCOC(C)C)c1. The van der Waals surface area contributed by atoms with Gasteiger partial charge >= 0.3 is 0 Å². The van der Waals surface area contributed by atoms with Crippen molar-refractivity contribution >= 4 is 32.8 Å². The van der Waals surface area contributed by atoms with Crippen molar-refractivity contribution in [2.45, 2.75) is 52.7 Å². The first-order valence-corrected chi connectivity index (χ1v) is 13.0. The summed E-state index contributed by atoms with van der Waals surface area (Å²) in [6.07, 6.45) is 1.71. The highest BCUT2D eigenvalue weighted by molar-refractivity contribution is 9.10. The molecule has 0 radical (unpaired) electrons. The molecular formula is C28H32BrNO5. The van der Waals surface area contributed by atoms with Crippen LogP contribution in [-0.2, 0) is 4.74 Å². The van der Waals surface area contributed by atoms with Crippen molar-refractivity contribution in [2.24, 2.45) is 5.92 Å². The molecule has 0 fully saturated rings. The average molecular weight is 542 g/mol. The normalized spacial score (nSPS) is 15.5. The van der Waals surface area contributed by atoms with E-state index in [0.717, 1.165) is 22.2 Å². The molecular weight excluding hydrogens is 510 g/mol. The first kappa shape index (κ1) is 25.5. The minimum atomic E-state index is -0.551. The Morgan fingerprint density at radius 2 is 1.86 bits per heavy atom. The van der Waals surface area contributed by atoms with E-state index < -0.39 is 6.04 Å². The van der Waals surface area contributed by atoms with Crippen molar-refractivity contribution in [2.75, 3.05) is 19.8 Å². The van der Waals surface area contributed by atoms with Gasteiger partial charge in [0.2, 0.25) is 5.76 Å². The number of hydrogen-bond donors (Lipinski definition) is 0. The summed E-state index contributed by atoms with van der Waals surface area (Å²) in [5, 5.41) is 0.449. The summed E-state index contributed by atoms with van der Waals surface area (Å²) < 4.78 is 18.5. The fourth-order valence-electron chi connectivity index (χ4n) is 4.31. The van der Waals surface area contributed by atoms with Gasteiger partial charge in [-0.15, -0.1) is 0 Å². The predicted molar refractivity (Wildman–Crippen MR) is 140 cm³/mol. The Hall–Kier alpha value is -2.64. The van der Waals surface area contributed by atoms with Crippen molar-refractivity contribution < 1.29 is 18.7 Å². The fraction of sp³-hybridized carbons (Fsp3) is 0.429. The summed E-state index contributed by atoms with van der Waals surface area (Å²) in [6.45, 7) is 9.86. The van der Waals surface area contributed by atoms with Gasteiger partial charge in [0.25, 0.3) is 5.91 Å². The molecule has 2 aromatic carbocycles. The molecule has 1 aromatic heterocycles. The largest absolute Gasteiger partial charge is 0.494 e. The third-order valence-corrected chi connectivity index (χ3v) is 6.55. The Kier molecular flexibility index (Phi) is 7.97. The molecule has 0 aliphatic carbocycles. The molecule has 6 nitrogen and oxygen atoms in total. The van der Waals surface area contributed by atoms with Crippen molar-refractivity contribution in [3.63, 3.8) is 0 Å². The summed E-state index contributed by atoms with van der Waals surface area (Å²) >= 11 is 3.44. The zero-order valence-electron chi connectivity index (χ0n) is 20.7. The lowest BCUT2D eigenvalue weighted by atomic mass is 9.98. The van der Waals surface area contributed by atoms with Crippen LogP contribution in [0.5, 0.6) is 5.75 Å². The van der Waals surface area contributed by atoms with Gasteiger partial charge in [0.05, 0.1) is 29.7 Å². The Morgan fingerprint density at radius 3 is 2.60 bits per heavy atom. The summed E-state index contributed by atoms with van der Waals surface area (Å²) in [4.78, 5) is 28.9. The van der Waals surface area contributed by atoms with Gasteiger partial charge in [0.15, 0.2) is 5.43 Å². The molecule has 0 spiro atoms. The number of carbonyl (C=O) groups excluding carboxylic acids is 1. The molecule has 0 saturated heterocycles. The Balaban J connectivity index is 1.75. The molecule has 1 aliphatic heterocycles. The fourth-order valence-corrected chi connectivity index (χ4v) is 4.67. The summed E-state index contributed by atoms with van der Waals surface area (Å²) in [5.41, 5.74) is 1.42. The number of carbonyl (C=O) groups is 1. The van der Waals surface area contributed by atoms with Gasteiger partial charge in [-0.2, -0.15) is 0 Å². The van der Waals surface area contributed by atoms with Gasteiger partial charge in [-0.25, -0.2) is 0 Å². The van der Waals surface area contributed by atoms with Crippen LogP contribution in [0.4, 0.5) is 0 Å². The second-order valence-corrected chi connectivity index (χ2v) is 10.5. The maximum atomic E-state index is 13.7. The van der Waals surface area contributed by atoms with E-state index in [0.29, 0.717) is 48.6 Å². The maximum Gasteiger partial charge on any atom is 0.290 e. The molecule has 4 rings (SSSR count). The average Bonchev–Trinajstić information content (AvgIpc) is 3.09. The molecule has 35 heavy (non-hydrogen) atoms. The van der Waals surface area contributed by atoms with Crippen LogP contribution in [0.25, 0.3) is 11.0 Å². The highest BCUT2D eigenvalue weighted by atomic mass is 79.9. The number of halogens is 1. The van der Waals surface area contributed by atoms with Gasteiger partial charge in [0, 0.05) is 17.6 Å². The Labute approximate surface area is 214 Å². The lowest BCUT2D eigenvalue weighted by molar-refractivity contribution is 0.0593. The van der Waals surface area contributed by atoms with Crippen molar-refractivity contribution in [3.05, 3.63) is 74.0 Å². The minimum absolute atomic E-state index is 0.115. The van der Waals surface area contributed by atoms with Gasteiger partial charge < -0.3 is 18.8 Å². The van der Waals surface area contributed by atoms with Crippen molar-refractivity contribution in [1.82, 2.24) is 4.90 Å². The quantitative estimate of drug-likeness (QED) is 0.280. The van der Waals surface area contributed by atoms with E-state index >= 15 is 0 Å². The highest BCUT2D eigenvalue weighted by Gasteiger charge is 2.42. The van der Waals surface area contributed by atoms with Gasteiger partial charge in [-0.1, -0.05) is 41.9 Å². The third-order valence-electron chi connectivity index (χ3n) is 6.06. The highest BCUT2D eigenvalue weighted by Crippen LogP contribution is 2.39. The van der Waals surface area contributed by atoms with E-state index in [2.05, 4.69) is 29.8 Å². The van der Waals surface area contributed by atoms with Crippen LogP contribution < -0.4 is 10.2 Å². The van der Waals surface area contributed by atoms with Crippen LogP contribution in [-0.4, -0.2) is 36.7 Å². The summed E-state index contributed by atoms with van der Waals surface area (Å²) in [6, 6.07) is 12.4. The van der Waals surface area contributed by atoms with Crippen LogP contribution in [0.1, 0.15) is 68.3 Å². The Morgan fingerprint density at radius 1 is 1.06 bits per heavy atom. The first-order chi connectivity index (χ1) is 16.8. The molecule has 2 heterocycles. The standard InChI is InChI=1S/C28H32BrNO5/c1-17(2)11-14-34-21-8-5-7-19(15-21)25-24-26(31)22-16-20(29)9-10-23(22)35-27(24)28(32)30(25)12-6-13-33-18(3)4/h5,7-10,15-18,25H,6,11-14H2,1-4H3. The van der Waals surface area contributed by atoms with E-state index in [-0.39, 0.29) is 23.2 Å². The van der Waals surface area contributed by atoms with Crippen molar-refractivity contribution in [3.8, 4) is 5.75 Å².